The van der Waals surface area contributed by atoms with E-state index in [1.807, 2.05) is 11.9 Å². The number of rotatable bonds is 3. The molecule has 1 aliphatic rings. The number of ketones is 1. The van der Waals surface area contributed by atoms with E-state index < -0.39 is 0 Å². The van der Waals surface area contributed by atoms with Gasteiger partial charge in [0.15, 0.2) is 11.4 Å². The fourth-order valence-electron chi connectivity index (χ4n) is 3.36. The first-order chi connectivity index (χ1) is 12.5. The molecular formula is C18H19FN6O. The molecular weight excluding hydrogens is 335 g/mol. The maximum absolute atomic E-state index is 13.0. The molecule has 4 rings (SSSR count). The molecule has 0 radical (unpaired) electrons. The molecule has 3 aromatic rings. The Morgan fingerprint density at radius 2 is 1.88 bits per heavy atom. The Balaban J connectivity index is 1.49. The summed E-state index contributed by atoms with van der Waals surface area (Å²) in [5.41, 5.74) is 7.27. The molecule has 2 aromatic heterocycles. The Morgan fingerprint density at radius 1 is 1.19 bits per heavy atom. The number of hydrogen-bond acceptors (Lipinski definition) is 6. The molecule has 0 spiro atoms. The lowest BCUT2D eigenvalue weighted by Crippen LogP contribution is -2.37. The highest BCUT2D eigenvalue weighted by Crippen LogP contribution is 2.26. The highest BCUT2D eigenvalue weighted by atomic mass is 19.1. The first kappa shape index (κ1) is 16.4. The monoisotopic (exact) mass is 354 g/mol. The second-order valence-corrected chi connectivity index (χ2v) is 6.55. The molecule has 0 amide bonds. The van der Waals surface area contributed by atoms with Crippen molar-refractivity contribution in [2.24, 2.45) is 13.0 Å². The second-order valence-electron chi connectivity index (χ2n) is 6.55. The Kier molecular flexibility index (Phi) is 4.02. The third-order valence-electron chi connectivity index (χ3n) is 4.89. The molecule has 8 heteroatoms. The van der Waals surface area contributed by atoms with Crippen LogP contribution < -0.4 is 10.6 Å². The minimum Gasteiger partial charge on any atom is -0.383 e. The third-order valence-corrected chi connectivity index (χ3v) is 4.89. The standard InChI is InChI=1S/C18H19FN6O/c1-24-17-14(10-21-24)16(20)22-18(23-17)25-8-6-12(7-9-25)15(26)11-2-4-13(19)5-3-11/h2-5,10,12H,6-9H2,1H3,(H2,20,22,23). The van der Waals surface area contributed by atoms with E-state index in [0.717, 1.165) is 5.39 Å². The third kappa shape index (κ3) is 2.87. The van der Waals surface area contributed by atoms with Crippen molar-refractivity contribution in [2.45, 2.75) is 12.8 Å². The van der Waals surface area contributed by atoms with E-state index in [9.17, 15) is 9.18 Å². The van der Waals surface area contributed by atoms with Gasteiger partial charge in [-0.1, -0.05) is 0 Å². The normalized spacial score (nSPS) is 15.5. The number of nitrogen functional groups attached to an aromatic ring is 1. The number of nitrogens with two attached hydrogens (primary N) is 1. The highest BCUT2D eigenvalue weighted by Gasteiger charge is 2.27. The van der Waals surface area contributed by atoms with Gasteiger partial charge in [-0.2, -0.15) is 15.1 Å². The highest BCUT2D eigenvalue weighted by molar-refractivity contribution is 5.98. The summed E-state index contributed by atoms with van der Waals surface area (Å²) in [6.07, 6.45) is 3.05. The molecule has 0 aliphatic carbocycles. The summed E-state index contributed by atoms with van der Waals surface area (Å²) < 4.78 is 14.7. The fourth-order valence-corrected chi connectivity index (χ4v) is 3.36. The van der Waals surface area contributed by atoms with Gasteiger partial charge in [-0.15, -0.1) is 0 Å². The number of aryl methyl sites for hydroxylation is 1. The van der Waals surface area contributed by atoms with Crippen molar-refractivity contribution in [3.05, 3.63) is 41.8 Å². The average Bonchev–Trinajstić information content (AvgIpc) is 3.03. The summed E-state index contributed by atoms with van der Waals surface area (Å²) in [6, 6.07) is 5.73. The molecule has 1 aliphatic heterocycles. The minimum absolute atomic E-state index is 0.0622. The van der Waals surface area contributed by atoms with E-state index in [-0.39, 0.29) is 17.5 Å². The van der Waals surface area contributed by atoms with E-state index in [2.05, 4.69) is 15.1 Å². The Hall–Kier alpha value is -3.03. The van der Waals surface area contributed by atoms with Crippen LogP contribution in [0.1, 0.15) is 23.2 Å². The molecule has 26 heavy (non-hydrogen) atoms. The van der Waals surface area contributed by atoms with Crippen molar-refractivity contribution in [1.82, 2.24) is 19.7 Å². The summed E-state index contributed by atoms with van der Waals surface area (Å²) >= 11 is 0. The van der Waals surface area contributed by atoms with Gasteiger partial charge in [0.2, 0.25) is 5.95 Å². The number of benzene rings is 1. The van der Waals surface area contributed by atoms with Crippen LogP contribution >= 0.6 is 0 Å². The zero-order valence-corrected chi connectivity index (χ0v) is 14.4. The van der Waals surface area contributed by atoms with Gasteiger partial charge < -0.3 is 10.6 Å². The zero-order chi connectivity index (χ0) is 18.3. The molecule has 1 fully saturated rings. The molecule has 1 aromatic carbocycles. The van der Waals surface area contributed by atoms with Crippen LogP contribution in [0.4, 0.5) is 16.2 Å². The van der Waals surface area contributed by atoms with Crippen LogP contribution in [-0.2, 0) is 7.05 Å². The summed E-state index contributed by atoms with van der Waals surface area (Å²) in [6.45, 7) is 1.33. The van der Waals surface area contributed by atoms with Crippen molar-refractivity contribution in [1.29, 1.82) is 0 Å². The number of carbonyl (C=O) groups is 1. The van der Waals surface area contributed by atoms with Crippen molar-refractivity contribution in [3.8, 4) is 0 Å². The Morgan fingerprint density at radius 3 is 2.58 bits per heavy atom. The zero-order valence-electron chi connectivity index (χ0n) is 14.4. The summed E-state index contributed by atoms with van der Waals surface area (Å²) in [4.78, 5) is 23.6. The minimum atomic E-state index is -0.336. The number of anilines is 2. The van der Waals surface area contributed by atoms with Gasteiger partial charge >= 0.3 is 0 Å². The first-order valence-electron chi connectivity index (χ1n) is 8.53. The van der Waals surface area contributed by atoms with Gasteiger partial charge in [-0.3, -0.25) is 9.48 Å². The lowest BCUT2D eigenvalue weighted by Gasteiger charge is -2.31. The van der Waals surface area contributed by atoms with Gasteiger partial charge in [-0.05, 0) is 37.1 Å². The van der Waals surface area contributed by atoms with Gasteiger partial charge in [0.05, 0.1) is 11.6 Å². The largest absolute Gasteiger partial charge is 0.383 e. The summed E-state index contributed by atoms with van der Waals surface area (Å²) in [7, 11) is 1.81. The predicted molar refractivity (Wildman–Crippen MR) is 96.4 cm³/mol. The quantitative estimate of drug-likeness (QED) is 0.725. The number of halogens is 1. The van der Waals surface area contributed by atoms with Crippen molar-refractivity contribution in [3.63, 3.8) is 0 Å². The van der Waals surface area contributed by atoms with Gasteiger partial charge in [0.25, 0.3) is 0 Å². The molecule has 134 valence electrons. The lowest BCUT2D eigenvalue weighted by atomic mass is 9.89. The number of aromatic nitrogens is 4. The predicted octanol–water partition coefficient (Wildman–Crippen LogP) is 2.18. The molecule has 7 nitrogen and oxygen atoms in total. The molecule has 2 N–H and O–H groups in total. The van der Waals surface area contributed by atoms with E-state index in [4.69, 9.17) is 5.73 Å². The van der Waals surface area contributed by atoms with Crippen LogP contribution in [0.15, 0.2) is 30.5 Å². The van der Waals surface area contributed by atoms with Crippen LogP contribution in [-0.4, -0.2) is 38.6 Å². The summed E-state index contributed by atoms with van der Waals surface area (Å²) in [5, 5.41) is 4.90. The van der Waals surface area contributed by atoms with Crippen LogP contribution in [0.5, 0.6) is 0 Å². The van der Waals surface area contributed by atoms with Crippen molar-refractivity contribution < 1.29 is 9.18 Å². The van der Waals surface area contributed by atoms with Crippen LogP contribution in [0.25, 0.3) is 11.0 Å². The molecule has 0 bridgehead atoms. The lowest BCUT2D eigenvalue weighted by molar-refractivity contribution is 0.0900. The number of nitrogens with zero attached hydrogens (tertiary/aromatic N) is 5. The van der Waals surface area contributed by atoms with Gasteiger partial charge in [0.1, 0.15) is 11.6 Å². The van der Waals surface area contributed by atoms with Crippen LogP contribution in [0, 0.1) is 11.7 Å². The van der Waals surface area contributed by atoms with Crippen molar-refractivity contribution in [2.75, 3.05) is 23.7 Å². The van der Waals surface area contributed by atoms with E-state index in [0.29, 0.717) is 48.9 Å². The van der Waals surface area contributed by atoms with Crippen molar-refractivity contribution >= 4 is 28.6 Å². The number of Topliss-reactive ketones (excluding diaryl/α,β-unsaturated/α-hetero) is 1. The molecule has 0 unspecified atom stereocenters. The number of hydrogen-bond donors (Lipinski definition) is 1. The SMILES string of the molecule is Cn1ncc2c(N)nc(N3CCC(C(=O)c4ccc(F)cc4)CC3)nc21. The molecule has 1 saturated heterocycles. The molecule has 3 heterocycles. The average molecular weight is 354 g/mol. The molecule has 0 saturated carbocycles. The van der Waals surface area contributed by atoms with E-state index in [1.165, 1.54) is 12.1 Å². The summed E-state index contributed by atoms with van der Waals surface area (Å²) in [5.74, 6) is 0.618. The maximum Gasteiger partial charge on any atom is 0.229 e. The first-order valence-corrected chi connectivity index (χ1v) is 8.53. The van der Waals surface area contributed by atoms with Gasteiger partial charge in [0, 0.05) is 31.6 Å². The number of piperidine rings is 1. The van der Waals surface area contributed by atoms with Crippen LogP contribution in [0.3, 0.4) is 0 Å². The number of fused-ring (bicyclic) bond motifs is 1. The fraction of sp³-hybridized carbons (Fsp3) is 0.333. The topological polar surface area (TPSA) is 89.9 Å². The number of carbonyl (C=O) groups excluding carboxylic acids is 1. The Bertz CT molecular complexity index is 960. The van der Waals surface area contributed by atoms with E-state index in [1.54, 1.807) is 23.0 Å². The smallest absolute Gasteiger partial charge is 0.229 e. The van der Waals surface area contributed by atoms with Crippen LogP contribution in [0.2, 0.25) is 0 Å². The maximum atomic E-state index is 13.0. The molecule has 0 atom stereocenters. The second kappa shape index (κ2) is 6.36. The Labute approximate surface area is 149 Å². The van der Waals surface area contributed by atoms with Gasteiger partial charge in [-0.25, -0.2) is 4.39 Å². The van der Waals surface area contributed by atoms with E-state index >= 15 is 0 Å².